The highest BCUT2D eigenvalue weighted by molar-refractivity contribution is 7.79. The van der Waals surface area contributed by atoms with Crippen LogP contribution in [-0.2, 0) is 11.1 Å². The third kappa shape index (κ3) is 2.11. The van der Waals surface area contributed by atoms with Crippen LogP contribution in [0.5, 0.6) is 0 Å². The topological polar surface area (TPSA) is 65.9 Å². The summed E-state index contributed by atoms with van der Waals surface area (Å²) in [5, 5.41) is 0.222. The molecule has 0 saturated heterocycles. The highest BCUT2D eigenvalue weighted by atomic mass is 35.5. The summed E-state index contributed by atoms with van der Waals surface area (Å²) in [7, 11) is 0. The van der Waals surface area contributed by atoms with Crippen LogP contribution in [0.15, 0.2) is 41.7 Å². The lowest BCUT2D eigenvalue weighted by Crippen LogP contribution is -1.97. The van der Waals surface area contributed by atoms with Crippen molar-refractivity contribution in [3.8, 4) is 11.1 Å². The number of hydrogen-bond donors (Lipinski definition) is 0. The van der Waals surface area contributed by atoms with E-state index in [0.717, 1.165) is 0 Å². The Balaban J connectivity index is 2.65. The Kier molecular flexibility index (Phi) is 3.28. The summed E-state index contributed by atoms with van der Waals surface area (Å²) in [5.74, 6) is 0. The normalized spacial score (nSPS) is 12.4. The molecule has 2 heterocycles. The second kappa shape index (κ2) is 4.69. The molecule has 82 valence electrons. The molecule has 1 atom stereocenters. The van der Waals surface area contributed by atoms with E-state index in [9.17, 15) is 8.76 Å². The highest BCUT2D eigenvalue weighted by Gasteiger charge is 2.09. The molecule has 0 saturated carbocycles. The Morgan fingerprint density at radius 1 is 1.12 bits per heavy atom. The third-order valence-corrected chi connectivity index (χ3v) is 2.92. The maximum atomic E-state index is 11.0. The van der Waals surface area contributed by atoms with Gasteiger partial charge in [0.05, 0.1) is 0 Å². The molecule has 0 aliphatic rings. The summed E-state index contributed by atoms with van der Waals surface area (Å²) in [5.41, 5.74) is 1.01. The molecule has 2 aromatic rings. The Bertz CT molecular complexity index is 548. The van der Waals surface area contributed by atoms with E-state index in [4.69, 9.17) is 11.6 Å². The van der Waals surface area contributed by atoms with Gasteiger partial charge >= 0.3 is 0 Å². The Labute approximate surface area is 99.6 Å². The monoisotopic (exact) mass is 253 g/mol. The zero-order valence-corrected chi connectivity index (χ0v) is 9.53. The minimum absolute atomic E-state index is 0.0302. The molecule has 16 heavy (non-hydrogen) atoms. The van der Waals surface area contributed by atoms with Gasteiger partial charge < -0.3 is 4.55 Å². The molecule has 0 amide bonds. The predicted molar refractivity (Wildman–Crippen MR) is 59.7 cm³/mol. The van der Waals surface area contributed by atoms with Gasteiger partial charge in [0.2, 0.25) is 0 Å². The number of nitrogens with zero attached hydrogens (tertiary/aromatic N) is 2. The lowest BCUT2D eigenvalue weighted by molar-refractivity contribution is 0.534. The van der Waals surface area contributed by atoms with Crippen LogP contribution in [0.1, 0.15) is 0 Å². The molecule has 0 aromatic carbocycles. The molecule has 0 aliphatic carbocycles. The lowest BCUT2D eigenvalue weighted by atomic mass is 10.1. The standard InChI is InChI=1S/C10H7ClN2O2S/c11-9-7(3-1-5-12-9)8-4-2-6-13-10(8)16(14)15/h1-6H,(H,14,15)/p-1. The Morgan fingerprint density at radius 3 is 2.38 bits per heavy atom. The van der Waals surface area contributed by atoms with Crippen LogP contribution in [0.2, 0.25) is 5.15 Å². The number of pyridine rings is 2. The molecule has 0 bridgehead atoms. The molecule has 6 heteroatoms. The summed E-state index contributed by atoms with van der Waals surface area (Å²) in [6.45, 7) is 0. The summed E-state index contributed by atoms with van der Waals surface area (Å²) in [6, 6.07) is 6.67. The van der Waals surface area contributed by atoms with Crippen molar-refractivity contribution in [3.63, 3.8) is 0 Å². The van der Waals surface area contributed by atoms with Crippen LogP contribution in [0, 0.1) is 0 Å². The first-order valence-corrected chi connectivity index (χ1v) is 5.80. The SMILES string of the molecule is O=S([O-])c1ncccc1-c1cccnc1Cl. The zero-order chi connectivity index (χ0) is 11.5. The van der Waals surface area contributed by atoms with Crippen molar-refractivity contribution in [2.75, 3.05) is 0 Å². The van der Waals surface area contributed by atoms with Crippen molar-refractivity contribution in [1.82, 2.24) is 9.97 Å². The second-order valence-electron chi connectivity index (χ2n) is 2.93. The summed E-state index contributed by atoms with van der Waals surface area (Å²) >= 11 is 3.50. The molecule has 2 rings (SSSR count). The highest BCUT2D eigenvalue weighted by Crippen LogP contribution is 2.28. The first kappa shape index (κ1) is 11.2. The molecule has 0 aliphatic heterocycles. The van der Waals surface area contributed by atoms with Gasteiger partial charge in [-0.25, -0.2) is 9.97 Å². The van der Waals surface area contributed by atoms with Crippen LogP contribution in [0.3, 0.4) is 0 Å². The summed E-state index contributed by atoms with van der Waals surface area (Å²) in [4.78, 5) is 7.69. The fraction of sp³-hybridized carbons (Fsp3) is 0. The van der Waals surface area contributed by atoms with Gasteiger partial charge in [0.25, 0.3) is 0 Å². The van der Waals surface area contributed by atoms with Gasteiger partial charge in [0, 0.05) is 23.5 Å². The van der Waals surface area contributed by atoms with Gasteiger partial charge in [-0.15, -0.1) is 0 Å². The molecule has 0 radical (unpaired) electrons. The molecular weight excluding hydrogens is 248 g/mol. The summed E-state index contributed by atoms with van der Waals surface area (Å²) in [6.07, 6.45) is 2.95. The third-order valence-electron chi connectivity index (χ3n) is 1.98. The Hall–Kier alpha value is -1.30. The van der Waals surface area contributed by atoms with Gasteiger partial charge in [-0.3, -0.25) is 4.21 Å². The van der Waals surface area contributed by atoms with Crippen LogP contribution in [0.25, 0.3) is 11.1 Å². The van der Waals surface area contributed by atoms with Crippen molar-refractivity contribution in [2.45, 2.75) is 5.03 Å². The average Bonchev–Trinajstić information content (AvgIpc) is 2.29. The van der Waals surface area contributed by atoms with Gasteiger partial charge in [-0.05, 0) is 35.3 Å². The van der Waals surface area contributed by atoms with Crippen molar-refractivity contribution < 1.29 is 8.76 Å². The van der Waals surface area contributed by atoms with E-state index in [1.165, 1.54) is 12.4 Å². The van der Waals surface area contributed by atoms with E-state index in [1.54, 1.807) is 24.3 Å². The van der Waals surface area contributed by atoms with Crippen LogP contribution < -0.4 is 0 Å². The quantitative estimate of drug-likeness (QED) is 0.607. The van der Waals surface area contributed by atoms with Crippen LogP contribution >= 0.6 is 11.6 Å². The molecule has 2 aromatic heterocycles. The van der Waals surface area contributed by atoms with Gasteiger partial charge in [-0.2, -0.15) is 0 Å². The molecule has 1 unspecified atom stereocenters. The van der Waals surface area contributed by atoms with E-state index in [0.29, 0.717) is 11.1 Å². The molecular formula is C10H6ClN2O2S-. The smallest absolute Gasteiger partial charge is 0.136 e. The van der Waals surface area contributed by atoms with E-state index >= 15 is 0 Å². The second-order valence-corrected chi connectivity index (χ2v) is 4.15. The predicted octanol–water partition coefficient (Wildman–Crippen LogP) is 2.04. The van der Waals surface area contributed by atoms with Crippen molar-refractivity contribution in [2.24, 2.45) is 0 Å². The first-order valence-electron chi connectivity index (χ1n) is 4.35. The number of rotatable bonds is 2. The largest absolute Gasteiger partial charge is 0.767 e. The fourth-order valence-corrected chi connectivity index (χ4v) is 2.04. The average molecular weight is 254 g/mol. The van der Waals surface area contributed by atoms with E-state index in [-0.39, 0.29) is 10.2 Å². The van der Waals surface area contributed by atoms with Crippen molar-refractivity contribution >= 4 is 22.7 Å². The van der Waals surface area contributed by atoms with Gasteiger partial charge in [-0.1, -0.05) is 11.6 Å². The lowest BCUT2D eigenvalue weighted by Gasteiger charge is -2.10. The van der Waals surface area contributed by atoms with Gasteiger partial charge in [0.1, 0.15) is 10.2 Å². The van der Waals surface area contributed by atoms with Crippen molar-refractivity contribution in [3.05, 3.63) is 41.8 Å². The van der Waals surface area contributed by atoms with Crippen LogP contribution in [0.4, 0.5) is 0 Å². The molecule has 0 fully saturated rings. The van der Waals surface area contributed by atoms with Gasteiger partial charge in [0.15, 0.2) is 0 Å². The maximum absolute atomic E-state index is 11.0. The van der Waals surface area contributed by atoms with E-state index < -0.39 is 11.1 Å². The minimum Gasteiger partial charge on any atom is -0.767 e. The molecule has 4 nitrogen and oxygen atoms in total. The first-order chi connectivity index (χ1) is 7.70. The Morgan fingerprint density at radius 2 is 1.75 bits per heavy atom. The number of hydrogen-bond acceptors (Lipinski definition) is 4. The maximum Gasteiger partial charge on any atom is 0.136 e. The summed E-state index contributed by atoms with van der Waals surface area (Å²) < 4.78 is 22.0. The minimum atomic E-state index is -2.40. The fourth-order valence-electron chi connectivity index (χ4n) is 1.32. The van der Waals surface area contributed by atoms with Crippen molar-refractivity contribution in [1.29, 1.82) is 0 Å². The van der Waals surface area contributed by atoms with E-state index in [2.05, 4.69) is 9.97 Å². The number of aromatic nitrogens is 2. The van der Waals surface area contributed by atoms with Crippen LogP contribution in [-0.4, -0.2) is 18.7 Å². The molecule has 0 spiro atoms. The number of halogens is 1. The zero-order valence-electron chi connectivity index (χ0n) is 7.96. The van der Waals surface area contributed by atoms with E-state index in [1.807, 2.05) is 0 Å². The molecule has 0 N–H and O–H groups in total.